The molecule has 0 amide bonds. The van der Waals surface area contributed by atoms with Crippen LogP contribution in [-0.2, 0) is 6.42 Å². The van der Waals surface area contributed by atoms with Gasteiger partial charge in [-0.2, -0.15) is 0 Å². The number of guanidine groups is 1. The number of hydrogen-bond acceptors (Lipinski definition) is 2. The lowest BCUT2D eigenvalue weighted by Crippen LogP contribution is -2.49. The van der Waals surface area contributed by atoms with E-state index in [9.17, 15) is 0 Å². The van der Waals surface area contributed by atoms with Gasteiger partial charge in [0.1, 0.15) is 0 Å². The zero-order chi connectivity index (χ0) is 18.2. The molecule has 26 heavy (non-hydrogen) atoms. The fourth-order valence-electron chi connectivity index (χ4n) is 3.39. The van der Waals surface area contributed by atoms with Crippen molar-refractivity contribution in [2.45, 2.75) is 32.2 Å². The van der Waals surface area contributed by atoms with Crippen molar-refractivity contribution in [1.29, 1.82) is 0 Å². The molecule has 1 aliphatic heterocycles. The summed E-state index contributed by atoms with van der Waals surface area (Å²) < 4.78 is 0. The molecule has 0 unspecified atom stereocenters. The van der Waals surface area contributed by atoms with Gasteiger partial charge in [0, 0.05) is 38.4 Å². The van der Waals surface area contributed by atoms with Crippen LogP contribution in [0.25, 0.3) is 0 Å². The predicted molar refractivity (Wildman–Crippen MR) is 111 cm³/mol. The first kappa shape index (κ1) is 18.3. The van der Waals surface area contributed by atoms with E-state index in [2.05, 4.69) is 82.0 Å². The van der Waals surface area contributed by atoms with Gasteiger partial charge in [-0.25, -0.2) is 0 Å². The van der Waals surface area contributed by atoms with Gasteiger partial charge in [0.25, 0.3) is 0 Å². The number of nitrogens with zero attached hydrogens (tertiary/aromatic N) is 2. The average molecular weight is 351 g/mol. The molecule has 4 nitrogen and oxygen atoms in total. The van der Waals surface area contributed by atoms with Crippen LogP contribution in [0, 0.1) is 6.92 Å². The zero-order valence-electron chi connectivity index (χ0n) is 15.9. The highest BCUT2D eigenvalue weighted by molar-refractivity contribution is 5.80. The molecule has 1 saturated heterocycles. The Labute approximate surface area is 157 Å². The number of aryl methyl sites for hydroxylation is 1. The summed E-state index contributed by atoms with van der Waals surface area (Å²) in [5, 5.41) is 7.03. The van der Waals surface area contributed by atoms with Crippen LogP contribution in [0.5, 0.6) is 0 Å². The van der Waals surface area contributed by atoms with Crippen LogP contribution in [0.15, 0.2) is 59.6 Å². The van der Waals surface area contributed by atoms with E-state index < -0.39 is 0 Å². The number of rotatable bonds is 5. The molecular formula is C22H30N4. The highest BCUT2D eigenvalue weighted by Gasteiger charge is 2.19. The predicted octanol–water partition coefficient (Wildman–Crippen LogP) is 3.37. The molecule has 0 bridgehead atoms. The van der Waals surface area contributed by atoms with E-state index in [0.29, 0.717) is 6.04 Å². The van der Waals surface area contributed by atoms with E-state index in [-0.39, 0.29) is 0 Å². The smallest absolute Gasteiger partial charge is 0.191 e. The second-order valence-electron chi connectivity index (χ2n) is 6.98. The Morgan fingerprint density at radius 2 is 1.73 bits per heavy atom. The highest BCUT2D eigenvalue weighted by Crippen LogP contribution is 2.19. The van der Waals surface area contributed by atoms with Gasteiger partial charge in [0.05, 0.1) is 0 Å². The maximum atomic E-state index is 4.39. The van der Waals surface area contributed by atoms with E-state index >= 15 is 0 Å². The summed E-state index contributed by atoms with van der Waals surface area (Å²) in [6.07, 6.45) is 3.27. The summed E-state index contributed by atoms with van der Waals surface area (Å²) in [6, 6.07) is 19.9. The normalized spacial score (nSPS) is 15.8. The maximum absolute atomic E-state index is 4.39. The van der Waals surface area contributed by atoms with Crippen LogP contribution in [0.4, 0.5) is 5.69 Å². The summed E-state index contributed by atoms with van der Waals surface area (Å²) >= 11 is 0. The largest absolute Gasteiger partial charge is 0.371 e. The number of nitrogens with one attached hydrogen (secondary N) is 2. The summed E-state index contributed by atoms with van der Waals surface area (Å²) in [4.78, 5) is 6.85. The first-order valence-electron chi connectivity index (χ1n) is 9.57. The Kier molecular flexibility index (Phi) is 6.53. The molecule has 2 aromatic rings. The molecule has 0 saturated carbocycles. The minimum Gasteiger partial charge on any atom is -0.371 e. The molecular weight excluding hydrogens is 320 g/mol. The molecule has 3 rings (SSSR count). The number of benzene rings is 2. The molecule has 4 heteroatoms. The fraction of sp³-hybridized carbons (Fsp3) is 0.409. The van der Waals surface area contributed by atoms with Crippen molar-refractivity contribution < 1.29 is 0 Å². The molecule has 1 aliphatic rings. The summed E-state index contributed by atoms with van der Waals surface area (Å²) in [6.45, 7) is 5.19. The van der Waals surface area contributed by atoms with Gasteiger partial charge >= 0.3 is 0 Å². The topological polar surface area (TPSA) is 39.7 Å². The standard InChI is InChI=1S/C22H30N4/c1-18-8-10-19(11-9-18)12-15-24-22(23-2)25-20-13-16-26(17-14-20)21-6-4-3-5-7-21/h3-11,20H,12-17H2,1-2H3,(H2,23,24,25). The van der Waals surface area contributed by atoms with Gasteiger partial charge in [-0.15, -0.1) is 0 Å². The van der Waals surface area contributed by atoms with Crippen LogP contribution < -0.4 is 15.5 Å². The number of anilines is 1. The molecule has 1 fully saturated rings. The number of piperidine rings is 1. The fourth-order valence-corrected chi connectivity index (χ4v) is 3.39. The van der Waals surface area contributed by atoms with Gasteiger partial charge in [0.15, 0.2) is 5.96 Å². The highest BCUT2D eigenvalue weighted by atomic mass is 15.2. The van der Waals surface area contributed by atoms with E-state index in [1.807, 2.05) is 7.05 Å². The molecule has 138 valence electrons. The van der Waals surface area contributed by atoms with Crippen molar-refractivity contribution >= 4 is 11.6 Å². The number of aliphatic imine (C=N–C) groups is 1. The third kappa shape index (κ3) is 5.25. The molecule has 2 aromatic carbocycles. The SMILES string of the molecule is CN=C(NCCc1ccc(C)cc1)NC1CCN(c2ccccc2)CC1. The summed E-state index contributed by atoms with van der Waals surface area (Å²) in [5.74, 6) is 0.912. The molecule has 0 aliphatic carbocycles. The Morgan fingerprint density at radius 3 is 2.38 bits per heavy atom. The van der Waals surface area contributed by atoms with Crippen LogP contribution >= 0.6 is 0 Å². The maximum Gasteiger partial charge on any atom is 0.191 e. The summed E-state index contributed by atoms with van der Waals surface area (Å²) in [7, 11) is 1.85. The Hall–Kier alpha value is -2.49. The zero-order valence-corrected chi connectivity index (χ0v) is 15.9. The molecule has 0 atom stereocenters. The third-order valence-corrected chi connectivity index (χ3v) is 5.01. The molecule has 2 N–H and O–H groups in total. The monoisotopic (exact) mass is 350 g/mol. The van der Waals surface area contributed by atoms with Gasteiger partial charge in [-0.05, 0) is 43.9 Å². The van der Waals surface area contributed by atoms with Crippen molar-refractivity contribution in [3.63, 3.8) is 0 Å². The van der Waals surface area contributed by atoms with Crippen molar-refractivity contribution in [3.8, 4) is 0 Å². The molecule has 0 radical (unpaired) electrons. The quantitative estimate of drug-likeness (QED) is 0.641. The lowest BCUT2D eigenvalue weighted by atomic mass is 10.0. The molecule has 0 spiro atoms. The minimum atomic E-state index is 0.487. The first-order chi connectivity index (χ1) is 12.7. The van der Waals surface area contributed by atoms with Crippen molar-refractivity contribution in [3.05, 3.63) is 65.7 Å². The van der Waals surface area contributed by atoms with Crippen LogP contribution in [0.3, 0.4) is 0 Å². The van der Waals surface area contributed by atoms with Crippen molar-refractivity contribution in [2.75, 3.05) is 31.6 Å². The lowest BCUT2D eigenvalue weighted by molar-refractivity contribution is 0.461. The number of para-hydroxylation sites is 1. The first-order valence-corrected chi connectivity index (χ1v) is 9.57. The van der Waals surface area contributed by atoms with E-state index in [0.717, 1.165) is 44.9 Å². The lowest BCUT2D eigenvalue weighted by Gasteiger charge is -2.34. The van der Waals surface area contributed by atoms with Gasteiger partial charge in [-0.1, -0.05) is 48.0 Å². The number of hydrogen-bond donors (Lipinski definition) is 2. The van der Waals surface area contributed by atoms with Gasteiger partial charge in [0.2, 0.25) is 0 Å². The molecule has 1 heterocycles. The summed E-state index contributed by atoms with van der Waals surface area (Å²) in [5.41, 5.74) is 3.99. The van der Waals surface area contributed by atoms with Crippen LogP contribution in [0.2, 0.25) is 0 Å². The van der Waals surface area contributed by atoms with E-state index in [1.165, 1.54) is 16.8 Å². The average Bonchev–Trinajstić information content (AvgIpc) is 2.70. The van der Waals surface area contributed by atoms with Crippen LogP contribution in [0.1, 0.15) is 24.0 Å². The Bertz CT molecular complexity index is 686. The van der Waals surface area contributed by atoms with Gasteiger partial charge in [-0.3, -0.25) is 4.99 Å². The van der Waals surface area contributed by atoms with E-state index in [4.69, 9.17) is 0 Å². The third-order valence-electron chi connectivity index (χ3n) is 5.01. The van der Waals surface area contributed by atoms with Gasteiger partial charge < -0.3 is 15.5 Å². The van der Waals surface area contributed by atoms with Crippen molar-refractivity contribution in [2.24, 2.45) is 4.99 Å². The molecule has 0 aromatic heterocycles. The Morgan fingerprint density at radius 1 is 1.04 bits per heavy atom. The van der Waals surface area contributed by atoms with Crippen molar-refractivity contribution in [1.82, 2.24) is 10.6 Å². The Balaban J connectivity index is 1.41. The minimum absolute atomic E-state index is 0.487. The second kappa shape index (κ2) is 9.27. The van der Waals surface area contributed by atoms with E-state index in [1.54, 1.807) is 0 Å². The second-order valence-corrected chi connectivity index (χ2v) is 6.98. The van der Waals surface area contributed by atoms with Crippen LogP contribution in [-0.4, -0.2) is 38.7 Å².